The molecule has 0 aromatic heterocycles. The molecule has 27 heavy (non-hydrogen) atoms. The van der Waals surface area contributed by atoms with Crippen molar-refractivity contribution in [3.63, 3.8) is 0 Å². The minimum absolute atomic E-state index is 0.0228. The molecule has 1 amide bonds. The summed E-state index contributed by atoms with van der Waals surface area (Å²) in [4.78, 5) is 12.5. The predicted molar refractivity (Wildman–Crippen MR) is 106 cm³/mol. The Bertz CT molecular complexity index is 902. The normalized spacial score (nSPS) is 12.6. The Kier molecular flexibility index (Phi) is 7.24. The molecular formula is C19H23ClN2O4S. The maximum absolute atomic E-state index is 12.5. The van der Waals surface area contributed by atoms with Crippen molar-refractivity contribution in [1.82, 2.24) is 9.62 Å². The lowest BCUT2D eigenvalue weighted by atomic mass is 10.1. The molecule has 2 aromatic rings. The van der Waals surface area contributed by atoms with Gasteiger partial charge < -0.3 is 10.1 Å². The van der Waals surface area contributed by atoms with Crippen LogP contribution in [-0.4, -0.2) is 38.5 Å². The molecule has 0 bridgehead atoms. The predicted octanol–water partition coefficient (Wildman–Crippen LogP) is 2.99. The lowest BCUT2D eigenvalue weighted by molar-refractivity contribution is -0.122. The maximum Gasteiger partial charge on any atom is 0.235 e. The van der Waals surface area contributed by atoms with Crippen molar-refractivity contribution in [3.05, 3.63) is 64.7 Å². The minimum atomic E-state index is -3.60. The minimum Gasteiger partial charge on any atom is -0.496 e. The Balaban J connectivity index is 2.11. The second kappa shape index (κ2) is 9.21. The van der Waals surface area contributed by atoms with Crippen molar-refractivity contribution in [3.8, 4) is 5.75 Å². The molecule has 0 radical (unpaired) electrons. The van der Waals surface area contributed by atoms with E-state index in [0.29, 0.717) is 16.3 Å². The van der Waals surface area contributed by atoms with Crippen molar-refractivity contribution in [2.75, 3.05) is 19.9 Å². The van der Waals surface area contributed by atoms with E-state index in [-0.39, 0.29) is 19.1 Å². The summed E-state index contributed by atoms with van der Waals surface area (Å²) in [7, 11) is -2.04. The molecule has 2 rings (SSSR count). The first-order valence-electron chi connectivity index (χ1n) is 8.33. The average Bonchev–Trinajstić information content (AvgIpc) is 2.62. The van der Waals surface area contributed by atoms with Crippen LogP contribution in [0, 0.1) is 0 Å². The average molecular weight is 411 g/mol. The van der Waals surface area contributed by atoms with E-state index in [1.54, 1.807) is 37.4 Å². The standard InChI is InChI=1S/C19H23ClN2O4S/c1-14(16-9-5-7-11-18(16)26-2)21-19(23)13-22(27(3,24)25)12-15-8-4-6-10-17(15)20/h4-11,14H,12-13H2,1-3H3,(H,21,23)/t14-/m1/s1. The Morgan fingerprint density at radius 2 is 1.81 bits per heavy atom. The highest BCUT2D eigenvalue weighted by Gasteiger charge is 2.23. The quantitative estimate of drug-likeness (QED) is 0.725. The second-order valence-electron chi connectivity index (χ2n) is 6.15. The zero-order valence-electron chi connectivity index (χ0n) is 15.5. The fraction of sp³-hybridized carbons (Fsp3) is 0.316. The SMILES string of the molecule is COc1ccccc1[C@@H](C)NC(=O)CN(Cc1ccccc1Cl)S(C)(=O)=O. The summed E-state index contributed by atoms with van der Waals surface area (Å²) in [5.74, 6) is 0.243. The van der Waals surface area contributed by atoms with Gasteiger partial charge in [-0.2, -0.15) is 4.31 Å². The molecule has 0 saturated heterocycles. The molecule has 1 atom stereocenters. The smallest absolute Gasteiger partial charge is 0.235 e. The number of ether oxygens (including phenoxy) is 1. The zero-order chi connectivity index (χ0) is 20.0. The highest BCUT2D eigenvalue weighted by atomic mass is 35.5. The van der Waals surface area contributed by atoms with Crippen LogP contribution in [-0.2, 0) is 21.4 Å². The Labute approximate surface area is 165 Å². The van der Waals surface area contributed by atoms with Gasteiger partial charge in [0.15, 0.2) is 0 Å². The van der Waals surface area contributed by atoms with E-state index in [0.717, 1.165) is 16.1 Å². The third-order valence-corrected chi connectivity index (χ3v) is 5.64. The maximum atomic E-state index is 12.5. The van der Waals surface area contributed by atoms with Gasteiger partial charge >= 0.3 is 0 Å². The Morgan fingerprint density at radius 1 is 1.19 bits per heavy atom. The van der Waals surface area contributed by atoms with Crippen LogP contribution in [0.3, 0.4) is 0 Å². The number of rotatable bonds is 8. The summed E-state index contributed by atoms with van der Waals surface area (Å²) in [6, 6.07) is 13.9. The largest absolute Gasteiger partial charge is 0.496 e. The summed E-state index contributed by atoms with van der Waals surface area (Å²) >= 11 is 6.12. The third-order valence-electron chi connectivity index (χ3n) is 4.08. The molecule has 0 aliphatic carbocycles. The highest BCUT2D eigenvalue weighted by molar-refractivity contribution is 7.88. The number of benzene rings is 2. The van der Waals surface area contributed by atoms with Crippen LogP contribution in [0.5, 0.6) is 5.75 Å². The van der Waals surface area contributed by atoms with Crippen LogP contribution in [0.4, 0.5) is 0 Å². The van der Waals surface area contributed by atoms with Crippen molar-refractivity contribution < 1.29 is 17.9 Å². The first-order valence-corrected chi connectivity index (χ1v) is 10.6. The number of nitrogens with zero attached hydrogens (tertiary/aromatic N) is 1. The third kappa shape index (κ3) is 5.95. The number of carbonyl (C=O) groups excluding carboxylic acids is 1. The lowest BCUT2D eigenvalue weighted by Gasteiger charge is -2.22. The van der Waals surface area contributed by atoms with E-state index in [4.69, 9.17) is 16.3 Å². The van der Waals surface area contributed by atoms with Gasteiger partial charge in [-0.15, -0.1) is 0 Å². The van der Waals surface area contributed by atoms with Crippen LogP contribution in [0.25, 0.3) is 0 Å². The summed E-state index contributed by atoms with van der Waals surface area (Å²) < 4.78 is 30.6. The van der Waals surface area contributed by atoms with Gasteiger partial charge in [-0.1, -0.05) is 48.0 Å². The fourth-order valence-corrected chi connectivity index (χ4v) is 3.58. The van der Waals surface area contributed by atoms with E-state index in [1.807, 2.05) is 25.1 Å². The van der Waals surface area contributed by atoms with E-state index in [1.165, 1.54) is 0 Å². The molecule has 2 aromatic carbocycles. The molecule has 0 heterocycles. The molecule has 0 aliphatic heterocycles. The number of para-hydroxylation sites is 1. The number of amides is 1. The van der Waals surface area contributed by atoms with Gasteiger partial charge in [0.25, 0.3) is 0 Å². The molecule has 0 aliphatic rings. The number of hydrogen-bond donors (Lipinski definition) is 1. The van der Waals surface area contributed by atoms with Crippen LogP contribution in [0.2, 0.25) is 5.02 Å². The van der Waals surface area contributed by atoms with Gasteiger partial charge in [-0.3, -0.25) is 4.79 Å². The summed E-state index contributed by atoms with van der Waals surface area (Å²) in [5, 5.41) is 3.27. The van der Waals surface area contributed by atoms with Gasteiger partial charge in [0.2, 0.25) is 15.9 Å². The summed E-state index contributed by atoms with van der Waals surface area (Å²) in [6.45, 7) is 1.53. The monoisotopic (exact) mass is 410 g/mol. The molecular weight excluding hydrogens is 388 g/mol. The van der Waals surface area contributed by atoms with Gasteiger partial charge in [0.1, 0.15) is 5.75 Å². The van der Waals surface area contributed by atoms with E-state index >= 15 is 0 Å². The topological polar surface area (TPSA) is 75.7 Å². The second-order valence-corrected chi connectivity index (χ2v) is 8.54. The van der Waals surface area contributed by atoms with Crippen LogP contribution in [0.1, 0.15) is 24.1 Å². The van der Waals surface area contributed by atoms with Gasteiger partial charge in [0, 0.05) is 17.1 Å². The van der Waals surface area contributed by atoms with Crippen LogP contribution < -0.4 is 10.1 Å². The van der Waals surface area contributed by atoms with Gasteiger partial charge in [0.05, 0.1) is 26.0 Å². The first kappa shape index (κ1) is 21.2. The molecule has 0 unspecified atom stereocenters. The Morgan fingerprint density at radius 3 is 2.44 bits per heavy atom. The van der Waals surface area contributed by atoms with E-state index in [9.17, 15) is 13.2 Å². The van der Waals surface area contributed by atoms with Crippen molar-refractivity contribution >= 4 is 27.5 Å². The number of halogens is 1. The van der Waals surface area contributed by atoms with Crippen molar-refractivity contribution in [2.45, 2.75) is 19.5 Å². The fourth-order valence-electron chi connectivity index (χ4n) is 2.66. The molecule has 0 saturated carbocycles. The molecule has 0 spiro atoms. The summed E-state index contributed by atoms with van der Waals surface area (Å²) in [5.41, 5.74) is 1.44. The number of nitrogens with one attached hydrogen (secondary N) is 1. The summed E-state index contributed by atoms with van der Waals surface area (Å²) in [6.07, 6.45) is 1.07. The van der Waals surface area contributed by atoms with Crippen LogP contribution in [0.15, 0.2) is 48.5 Å². The van der Waals surface area contributed by atoms with Crippen molar-refractivity contribution in [2.24, 2.45) is 0 Å². The molecule has 6 nitrogen and oxygen atoms in total. The number of carbonyl (C=O) groups is 1. The molecule has 8 heteroatoms. The zero-order valence-corrected chi connectivity index (χ0v) is 17.0. The highest BCUT2D eigenvalue weighted by Crippen LogP contribution is 2.24. The lowest BCUT2D eigenvalue weighted by Crippen LogP contribution is -2.40. The van der Waals surface area contributed by atoms with Gasteiger partial charge in [-0.05, 0) is 24.6 Å². The van der Waals surface area contributed by atoms with Crippen molar-refractivity contribution in [1.29, 1.82) is 0 Å². The first-order chi connectivity index (χ1) is 12.7. The van der Waals surface area contributed by atoms with Gasteiger partial charge in [-0.25, -0.2) is 8.42 Å². The van der Waals surface area contributed by atoms with E-state index in [2.05, 4.69) is 5.32 Å². The molecule has 146 valence electrons. The molecule has 0 fully saturated rings. The number of sulfonamides is 1. The van der Waals surface area contributed by atoms with E-state index < -0.39 is 15.9 Å². The van der Waals surface area contributed by atoms with Crippen LogP contribution >= 0.6 is 11.6 Å². The number of hydrogen-bond acceptors (Lipinski definition) is 4. The molecule has 1 N–H and O–H groups in total. The Hall–Kier alpha value is -2.09. The number of methoxy groups -OCH3 is 1.